The number of hydrogen-bond donors (Lipinski definition) is 1. The zero-order valence-corrected chi connectivity index (χ0v) is 11.4. The van der Waals surface area contributed by atoms with Crippen molar-refractivity contribution < 1.29 is 4.74 Å². The maximum absolute atomic E-state index is 5.64. The quantitative estimate of drug-likeness (QED) is 0.704. The van der Waals surface area contributed by atoms with Crippen LogP contribution in [-0.2, 0) is 11.2 Å². The highest BCUT2D eigenvalue weighted by molar-refractivity contribution is 7.12. The largest absolute Gasteiger partial charge is 0.379 e. The molecular formula is C13H23NOS. The molecule has 3 heteroatoms. The summed E-state index contributed by atoms with van der Waals surface area (Å²) in [6, 6.07) is 4.82. The van der Waals surface area contributed by atoms with Crippen molar-refractivity contribution in [1.29, 1.82) is 0 Å². The van der Waals surface area contributed by atoms with Crippen molar-refractivity contribution in [3.63, 3.8) is 0 Å². The van der Waals surface area contributed by atoms with E-state index in [1.807, 2.05) is 11.3 Å². The van der Waals surface area contributed by atoms with Gasteiger partial charge in [0.1, 0.15) is 0 Å². The first kappa shape index (κ1) is 13.7. The van der Waals surface area contributed by atoms with E-state index in [1.54, 1.807) is 0 Å². The van der Waals surface area contributed by atoms with Crippen LogP contribution in [0.15, 0.2) is 12.1 Å². The van der Waals surface area contributed by atoms with Gasteiger partial charge in [-0.1, -0.05) is 20.8 Å². The van der Waals surface area contributed by atoms with Crippen molar-refractivity contribution in [2.75, 3.05) is 19.8 Å². The highest BCUT2D eigenvalue weighted by Gasteiger charge is 2.12. The van der Waals surface area contributed by atoms with Crippen molar-refractivity contribution in [2.24, 2.45) is 0 Å². The van der Waals surface area contributed by atoms with Crippen LogP contribution < -0.4 is 5.32 Å². The standard InChI is InChI=1S/C13H23NOS/c1-4-9-15-10-12(14-6-3)13-8-7-11(5-2)16-13/h7-8,12,14H,4-6,9-10H2,1-3H3. The number of thiophene rings is 1. The molecule has 1 aromatic heterocycles. The average Bonchev–Trinajstić information content (AvgIpc) is 2.76. The van der Waals surface area contributed by atoms with Gasteiger partial charge < -0.3 is 10.1 Å². The maximum atomic E-state index is 5.64. The minimum atomic E-state index is 0.363. The topological polar surface area (TPSA) is 21.3 Å². The van der Waals surface area contributed by atoms with E-state index < -0.39 is 0 Å². The molecule has 2 nitrogen and oxygen atoms in total. The molecule has 1 heterocycles. The summed E-state index contributed by atoms with van der Waals surface area (Å²) in [6.45, 7) is 9.11. The first-order valence-corrected chi connectivity index (χ1v) is 7.03. The van der Waals surface area contributed by atoms with Crippen molar-refractivity contribution in [2.45, 2.75) is 39.7 Å². The van der Waals surface area contributed by atoms with Gasteiger partial charge in [0.15, 0.2) is 0 Å². The monoisotopic (exact) mass is 241 g/mol. The van der Waals surface area contributed by atoms with E-state index in [1.165, 1.54) is 9.75 Å². The third-order valence-corrected chi connectivity index (χ3v) is 3.80. The van der Waals surface area contributed by atoms with E-state index in [9.17, 15) is 0 Å². The summed E-state index contributed by atoms with van der Waals surface area (Å²) in [5.41, 5.74) is 0. The van der Waals surface area contributed by atoms with E-state index in [4.69, 9.17) is 4.74 Å². The molecule has 1 atom stereocenters. The van der Waals surface area contributed by atoms with Crippen LogP contribution in [0, 0.1) is 0 Å². The van der Waals surface area contributed by atoms with Gasteiger partial charge >= 0.3 is 0 Å². The lowest BCUT2D eigenvalue weighted by Crippen LogP contribution is -2.24. The Kier molecular flexibility index (Phi) is 6.69. The van der Waals surface area contributed by atoms with Gasteiger partial charge in [-0.25, -0.2) is 0 Å². The fraction of sp³-hybridized carbons (Fsp3) is 0.692. The normalized spacial score (nSPS) is 12.9. The second-order valence-corrected chi connectivity index (χ2v) is 5.04. The predicted octanol–water partition coefficient (Wildman–Crippen LogP) is 3.39. The molecule has 0 aliphatic carbocycles. The molecule has 0 saturated carbocycles. The minimum absolute atomic E-state index is 0.363. The molecular weight excluding hydrogens is 218 g/mol. The fourth-order valence-corrected chi connectivity index (χ4v) is 2.62. The summed E-state index contributed by atoms with van der Waals surface area (Å²) < 4.78 is 5.64. The van der Waals surface area contributed by atoms with E-state index in [0.29, 0.717) is 6.04 Å². The number of nitrogens with one attached hydrogen (secondary N) is 1. The van der Waals surface area contributed by atoms with Crippen LogP contribution in [0.2, 0.25) is 0 Å². The number of hydrogen-bond acceptors (Lipinski definition) is 3. The Hall–Kier alpha value is -0.380. The van der Waals surface area contributed by atoms with Crippen molar-refractivity contribution in [3.05, 3.63) is 21.9 Å². The van der Waals surface area contributed by atoms with E-state index >= 15 is 0 Å². The summed E-state index contributed by atoms with van der Waals surface area (Å²) in [6.07, 6.45) is 2.21. The highest BCUT2D eigenvalue weighted by atomic mass is 32.1. The molecule has 92 valence electrons. The van der Waals surface area contributed by atoms with Crippen molar-refractivity contribution >= 4 is 11.3 Å². The molecule has 1 N–H and O–H groups in total. The predicted molar refractivity (Wildman–Crippen MR) is 71.2 cm³/mol. The molecule has 1 aromatic rings. The second-order valence-electron chi connectivity index (χ2n) is 3.84. The lowest BCUT2D eigenvalue weighted by molar-refractivity contribution is 0.113. The Bertz CT molecular complexity index is 285. The van der Waals surface area contributed by atoms with Crippen LogP contribution in [-0.4, -0.2) is 19.8 Å². The van der Waals surface area contributed by atoms with Crippen LogP contribution in [0.5, 0.6) is 0 Å². The number of rotatable bonds is 8. The summed E-state index contributed by atoms with van der Waals surface area (Å²) >= 11 is 1.90. The smallest absolute Gasteiger partial charge is 0.0669 e. The molecule has 0 spiro atoms. The van der Waals surface area contributed by atoms with Gasteiger partial charge in [0.05, 0.1) is 12.6 Å². The molecule has 16 heavy (non-hydrogen) atoms. The van der Waals surface area contributed by atoms with Gasteiger partial charge in [-0.2, -0.15) is 0 Å². The van der Waals surface area contributed by atoms with Gasteiger partial charge in [0.2, 0.25) is 0 Å². The third kappa shape index (κ3) is 4.24. The zero-order chi connectivity index (χ0) is 11.8. The number of aryl methyl sites for hydroxylation is 1. The van der Waals surface area contributed by atoms with E-state index in [0.717, 1.165) is 32.6 Å². The summed E-state index contributed by atoms with van der Waals surface area (Å²) in [7, 11) is 0. The second kappa shape index (κ2) is 7.82. The Morgan fingerprint density at radius 3 is 2.69 bits per heavy atom. The first-order chi connectivity index (χ1) is 7.81. The van der Waals surface area contributed by atoms with Gasteiger partial charge in [0, 0.05) is 16.4 Å². The van der Waals surface area contributed by atoms with Crippen LogP contribution in [0.25, 0.3) is 0 Å². The molecule has 0 fully saturated rings. The zero-order valence-electron chi connectivity index (χ0n) is 10.6. The SMILES string of the molecule is CCCOCC(NCC)c1ccc(CC)s1. The Balaban J connectivity index is 2.54. The average molecular weight is 241 g/mol. The van der Waals surface area contributed by atoms with Gasteiger partial charge in [0.25, 0.3) is 0 Å². The van der Waals surface area contributed by atoms with Gasteiger partial charge in [-0.05, 0) is 31.5 Å². The van der Waals surface area contributed by atoms with Crippen LogP contribution >= 0.6 is 11.3 Å². The summed E-state index contributed by atoms with van der Waals surface area (Å²) in [4.78, 5) is 2.85. The van der Waals surface area contributed by atoms with Gasteiger partial charge in [-0.15, -0.1) is 11.3 Å². The van der Waals surface area contributed by atoms with Crippen LogP contribution in [0.1, 0.15) is 43.0 Å². The first-order valence-electron chi connectivity index (χ1n) is 6.21. The number of ether oxygens (including phenoxy) is 1. The fourth-order valence-electron chi connectivity index (χ4n) is 1.61. The summed E-state index contributed by atoms with van der Waals surface area (Å²) in [5, 5.41) is 3.48. The lowest BCUT2D eigenvalue weighted by Gasteiger charge is -2.16. The molecule has 0 aliphatic heterocycles. The minimum Gasteiger partial charge on any atom is -0.379 e. The Labute approximate surface area is 103 Å². The molecule has 0 bridgehead atoms. The Morgan fingerprint density at radius 1 is 1.31 bits per heavy atom. The molecule has 0 amide bonds. The molecule has 1 rings (SSSR count). The maximum Gasteiger partial charge on any atom is 0.0669 e. The van der Waals surface area contributed by atoms with E-state index in [-0.39, 0.29) is 0 Å². The Morgan fingerprint density at radius 2 is 2.12 bits per heavy atom. The van der Waals surface area contributed by atoms with Gasteiger partial charge in [-0.3, -0.25) is 0 Å². The van der Waals surface area contributed by atoms with Crippen molar-refractivity contribution in [3.8, 4) is 0 Å². The highest BCUT2D eigenvalue weighted by Crippen LogP contribution is 2.24. The van der Waals surface area contributed by atoms with Crippen LogP contribution in [0.3, 0.4) is 0 Å². The molecule has 1 unspecified atom stereocenters. The third-order valence-electron chi connectivity index (χ3n) is 2.46. The molecule has 0 radical (unpaired) electrons. The van der Waals surface area contributed by atoms with E-state index in [2.05, 4.69) is 38.2 Å². The molecule has 0 aromatic carbocycles. The molecule has 0 saturated heterocycles. The lowest BCUT2D eigenvalue weighted by atomic mass is 10.2. The molecule has 0 aliphatic rings. The van der Waals surface area contributed by atoms with Crippen LogP contribution in [0.4, 0.5) is 0 Å². The number of likely N-dealkylation sites (N-methyl/N-ethyl adjacent to an activating group) is 1. The summed E-state index contributed by atoms with van der Waals surface area (Å²) in [5.74, 6) is 0. The van der Waals surface area contributed by atoms with Crippen molar-refractivity contribution in [1.82, 2.24) is 5.32 Å².